The van der Waals surface area contributed by atoms with Crippen molar-refractivity contribution in [2.24, 2.45) is 5.92 Å². The highest BCUT2D eigenvalue weighted by Gasteiger charge is 2.09. The third kappa shape index (κ3) is 3.45. The molecule has 3 N–H and O–H groups in total. The van der Waals surface area contributed by atoms with Gasteiger partial charge in [-0.15, -0.1) is 0 Å². The molecule has 2 unspecified atom stereocenters. The van der Waals surface area contributed by atoms with Crippen LogP contribution in [0.5, 0.6) is 0 Å². The Hall–Kier alpha value is -1.59. The molecule has 1 aromatic heterocycles. The highest BCUT2D eigenvalue weighted by molar-refractivity contribution is 5.75. The summed E-state index contributed by atoms with van der Waals surface area (Å²) in [5, 5.41) is 3.47. The van der Waals surface area contributed by atoms with Crippen LogP contribution in [-0.2, 0) is 4.74 Å². The normalized spacial score (nSPS) is 14.7. The van der Waals surface area contributed by atoms with Crippen LogP contribution in [0.1, 0.15) is 25.5 Å². The first-order valence-electron chi connectivity index (χ1n) is 6.54. The maximum absolute atomic E-state index is 11.2. The summed E-state index contributed by atoms with van der Waals surface area (Å²) in [4.78, 5) is 16.7. The molecule has 1 aromatic carbocycles. The van der Waals surface area contributed by atoms with E-state index in [9.17, 15) is 4.79 Å². The van der Waals surface area contributed by atoms with Gasteiger partial charge in [0.15, 0.2) is 0 Å². The van der Waals surface area contributed by atoms with Crippen molar-refractivity contribution < 1.29 is 4.74 Å². The smallest absolute Gasteiger partial charge is 0.323 e. The molecule has 2 aromatic rings. The molecule has 0 saturated heterocycles. The van der Waals surface area contributed by atoms with E-state index in [1.54, 1.807) is 7.11 Å². The summed E-state index contributed by atoms with van der Waals surface area (Å²) >= 11 is 0. The van der Waals surface area contributed by atoms with Gasteiger partial charge >= 0.3 is 5.69 Å². The third-order valence-corrected chi connectivity index (χ3v) is 3.26. The predicted octanol–water partition coefficient (Wildman–Crippen LogP) is 1.79. The SMILES string of the molecule is COCC(C)CNC(C)c1ccc2[nH]c(=O)[nH]c2c1. The molecule has 5 nitrogen and oxygen atoms in total. The van der Waals surface area contributed by atoms with Gasteiger partial charge in [-0.2, -0.15) is 0 Å². The average Bonchev–Trinajstić information content (AvgIpc) is 2.75. The highest BCUT2D eigenvalue weighted by atomic mass is 16.5. The van der Waals surface area contributed by atoms with E-state index in [1.807, 2.05) is 18.2 Å². The molecule has 0 fully saturated rings. The van der Waals surface area contributed by atoms with Crippen molar-refractivity contribution in [2.75, 3.05) is 20.3 Å². The molecule has 5 heteroatoms. The second-order valence-corrected chi connectivity index (χ2v) is 5.07. The minimum Gasteiger partial charge on any atom is -0.384 e. The quantitative estimate of drug-likeness (QED) is 0.744. The number of benzene rings is 1. The minimum absolute atomic E-state index is 0.165. The lowest BCUT2D eigenvalue weighted by molar-refractivity contribution is 0.157. The van der Waals surface area contributed by atoms with E-state index in [2.05, 4.69) is 29.1 Å². The topological polar surface area (TPSA) is 69.9 Å². The van der Waals surface area contributed by atoms with Crippen LogP contribution in [0.15, 0.2) is 23.0 Å². The number of H-pyrrole nitrogens is 2. The standard InChI is InChI=1S/C14H21N3O2/c1-9(8-19-3)7-15-10(2)11-4-5-12-13(6-11)17-14(18)16-12/h4-6,9-10,15H,7-8H2,1-3H3,(H2,16,17,18). The number of imidazole rings is 1. The Morgan fingerprint density at radius 2 is 2.00 bits per heavy atom. The minimum atomic E-state index is -0.165. The molecule has 0 radical (unpaired) electrons. The van der Waals surface area contributed by atoms with Crippen molar-refractivity contribution in [1.29, 1.82) is 0 Å². The number of fused-ring (bicyclic) bond motifs is 1. The van der Waals surface area contributed by atoms with Gasteiger partial charge in [0.1, 0.15) is 0 Å². The number of aromatic amines is 2. The fourth-order valence-corrected chi connectivity index (χ4v) is 2.16. The molecule has 0 aliphatic heterocycles. The molecule has 0 saturated carbocycles. The van der Waals surface area contributed by atoms with Gasteiger partial charge in [0.2, 0.25) is 0 Å². The summed E-state index contributed by atoms with van der Waals surface area (Å²) in [5.41, 5.74) is 2.68. The lowest BCUT2D eigenvalue weighted by atomic mass is 10.1. The second kappa shape index (κ2) is 6.04. The zero-order valence-corrected chi connectivity index (χ0v) is 11.6. The highest BCUT2D eigenvalue weighted by Crippen LogP contribution is 2.17. The van der Waals surface area contributed by atoms with Gasteiger partial charge in [-0.3, -0.25) is 0 Å². The van der Waals surface area contributed by atoms with Crippen LogP contribution in [0.25, 0.3) is 11.0 Å². The van der Waals surface area contributed by atoms with Crippen molar-refractivity contribution in [3.63, 3.8) is 0 Å². The Kier molecular flexibility index (Phi) is 4.39. The van der Waals surface area contributed by atoms with E-state index in [1.165, 1.54) is 0 Å². The zero-order chi connectivity index (χ0) is 13.8. The molecule has 1 heterocycles. The van der Waals surface area contributed by atoms with E-state index < -0.39 is 0 Å². The maximum Gasteiger partial charge on any atom is 0.323 e. The third-order valence-electron chi connectivity index (χ3n) is 3.26. The van der Waals surface area contributed by atoms with E-state index in [0.29, 0.717) is 5.92 Å². The molecule has 0 aliphatic rings. The lowest BCUT2D eigenvalue weighted by Gasteiger charge is -2.17. The number of aromatic nitrogens is 2. The number of hydrogen-bond acceptors (Lipinski definition) is 3. The number of ether oxygens (including phenoxy) is 1. The van der Waals surface area contributed by atoms with Crippen molar-refractivity contribution >= 4 is 11.0 Å². The molecule has 2 rings (SSSR count). The van der Waals surface area contributed by atoms with Crippen LogP contribution >= 0.6 is 0 Å². The van der Waals surface area contributed by atoms with Crippen LogP contribution in [0.4, 0.5) is 0 Å². The summed E-state index contributed by atoms with van der Waals surface area (Å²) in [6.45, 7) is 5.92. The fourth-order valence-electron chi connectivity index (χ4n) is 2.16. The Morgan fingerprint density at radius 3 is 2.74 bits per heavy atom. The summed E-state index contributed by atoms with van der Waals surface area (Å²) in [7, 11) is 1.72. The zero-order valence-electron chi connectivity index (χ0n) is 11.6. The van der Waals surface area contributed by atoms with Crippen LogP contribution in [0.3, 0.4) is 0 Å². The molecule has 0 bridgehead atoms. The van der Waals surface area contributed by atoms with Gasteiger partial charge in [-0.1, -0.05) is 13.0 Å². The molecule has 104 valence electrons. The molecule has 19 heavy (non-hydrogen) atoms. The number of nitrogens with one attached hydrogen (secondary N) is 3. The monoisotopic (exact) mass is 263 g/mol. The van der Waals surface area contributed by atoms with Crippen LogP contribution in [-0.4, -0.2) is 30.2 Å². The first-order valence-corrected chi connectivity index (χ1v) is 6.54. The second-order valence-electron chi connectivity index (χ2n) is 5.07. The van der Waals surface area contributed by atoms with Gasteiger partial charge in [-0.05, 0) is 30.5 Å². The van der Waals surface area contributed by atoms with Crippen LogP contribution in [0, 0.1) is 5.92 Å². The average molecular weight is 263 g/mol. The van der Waals surface area contributed by atoms with Gasteiger partial charge in [0.25, 0.3) is 0 Å². The molecule has 2 atom stereocenters. The Labute approximate surface area is 112 Å². The molecular formula is C14H21N3O2. The Balaban J connectivity index is 2.04. The van der Waals surface area contributed by atoms with Gasteiger partial charge in [0.05, 0.1) is 11.0 Å². The maximum atomic E-state index is 11.2. The molecule has 0 aliphatic carbocycles. The largest absolute Gasteiger partial charge is 0.384 e. The number of rotatable bonds is 6. The first kappa shape index (κ1) is 13.8. The fraction of sp³-hybridized carbons (Fsp3) is 0.500. The van der Waals surface area contributed by atoms with Gasteiger partial charge in [-0.25, -0.2) is 4.79 Å². The number of hydrogen-bond donors (Lipinski definition) is 3. The van der Waals surface area contributed by atoms with Gasteiger partial charge < -0.3 is 20.0 Å². The van der Waals surface area contributed by atoms with Gasteiger partial charge in [0, 0.05) is 26.3 Å². The van der Waals surface area contributed by atoms with Crippen LogP contribution in [0.2, 0.25) is 0 Å². The summed E-state index contributed by atoms with van der Waals surface area (Å²) in [6.07, 6.45) is 0. The van der Waals surface area contributed by atoms with E-state index >= 15 is 0 Å². The van der Waals surface area contributed by atoms with Crippen molar-refractivity contribution in [3.05, 3.63) is 34.2 Å². The number of methoxy groups -OCH3 is 1. The Morgan fingerprint density at radius 1 is 1.26 bits per heavy atom. The Bertz CT molecular complexity index is 588. The van der Waals surface area contributed by atoms with Crippen molar-refractivity contribution in [2.45, 2.75) is 19.9 Å². The van der Waals surface area contributed by atoms with Crippen molar-refractivity contribution in [3.8, 4) is 0 Å². The van der Waals surface area contributed by atoms with E-state index in [4.69, 9.17) is 4.74 Å². The lowest BCUT2D eigenvalue weighted by Crippen LogP contribution is -2.26. The molecular weight excluding hydrogens is 242 g/mol. The van der Waals surface area contributed by atoms with Crippen LogP contribution < -0.4 is 11.0 Å². The van der Waals surface area contributed by atoms with Crippen molar-refractivity contribution in [1.82, 2.24) is 15.3 Å². The first-order chi connectivity index (χ1) is 9.10. The molecule has 0 amide bonds. The summed E-state index contributed by atoms with van der Waals surface area (Å²) < 4.78 is 5.12. The summed E-state index contributed by atoms with van der Waals surface area (Å²) in [5.74, 6) is 0.475. The van der Waals surface area contributed by atoms with E-state index in [0.717, 1.165) is 29.7 Å². The summed E-state index contributed by atoms with van der Waals surface area (Å²) in [6, 6.07) is 6.21. The predicted molar refractivity (Wildman–Crippen MR) is 76.4 cm³/mol. The van der Waals surface area contributed by atoms with E-state index in [-0.39, 0.29) is 11.7 Å². The molecule has 0 spiro atoms.